The van der Waals surface area contributed by atoms with E-state index in [0.29, 0.717) is 18.2 Å². The first-order chi connectivity index (χ1) is 11.2. The molecule has 1 aromatic heterocycles. The van der Waals surface area contributed by atoms with Gasteiger partial charge in [0.05, 0.1) is 18.2 Å². The lowest BCUT2D eigenvalue weighted by molar-refractivity contribution is 0.249. The summed E-state index contributed by atoms with van der Waals surface area (Å²) in [6, 6.07) is 15.6. The molecule has 4 heteroatoms. The quantitative estimate of drug-likeness (QED) is 0.594. The predicted octanol–water partition coefficient (Wildman–Crippen LogP) is 5.04. The summed E-state index contributed by atoms with van der Waals surface area (Å²) in [5, 5.41) is 1.71. The van der Waals surface area contributed by atoms with E-state index in [9.17, 15) is 0 Å². The zero-order valence-corrected chi connectivity index (χ0v) is 13.7. The Hall–Kier alpha value is -2.26. The van der Waals surface area contributed by atoms with Crippen LogP contribution in [0.15, 0.2) is 54.7 Å². The smallest absolute Gasteiger partial charge is 0.145 e. The Balaban J connectivity index is 1.52. The molecule has 118 valence electrons. The number of ether oxygens (including phenoxy) is 2. The molecule has 1 heterocycles. The number of halogens is 1. The van der Waals surface area contributed by atoms with Crippen LogP contribution in [0.1, 0.15) is 12.0 Å². The first-order valence-electron chi connectivity index (χ1n) is 7.59. The van der Waals surface area contributed by atoms with Gasteiger partial charge in [-0.05, 0) is 36.8 Å². The van der Waals surface area contributed by atoms with E-state index in [1.54, 1.807) is 6.20 Å². The molecular formula is C19H18ClNO2. The van der Waals surface area contributed by atoms with Crippen LogP contribution in [0.3, 0.4) is 0 Å². The average molecular weight is 328 g/mol. The molecule has 0 bridgehead atoms. The minimum atomic E-state index is 0.557. The number of para-hydroxylation sites is 1. The number of aromatic nitrogens is 1. The molecule has 0 aliphatic heterocycles. The molecule has 0 radical (unpaired) electrons. The van der Waals surface area contributed by atoms with Gasteiger partial charge in [-0.2, -0.15) is 0 Å². The molecular weight excluding hydrogens is 310 g/mol. The summed E-state index contributed by atoms with van der Waals surface area (Å²) in [6.45, 7) is 3.14. The lowest BCUT2D eigenvalue weighted by atomic mass is 10.2. The van der Waals surface area contributed by atoms with Crippen LogP contribution in [0.25, 0.3) is 10.9 Å². The molecule has 0 aliphatic rings. The number of rotatable bonds is 6. The highest BCUT2D eigenvalue weighted by atomic mass is 35.5. The van der Waals surface area contributed by atoms with Gasteiger partial charge in [-0.15, -0.1) is 0 Å². The summed E-state index contributed by atoms with van der Waals surface area (Å²) in [4.78, 5) is 4.38. The molecule has 0 aliphatic carbocycles. The Morgan fingerprint density at radius 3 is 2.61 bits per heavy atom. The van der Waals surface area contributed by atoms with Crippen molar-refractivity contribution >= 4 is 22.5 Å². The van der Waals surface area contributed by atoms with E-state index in [0.717, 1.165) is 34.4 Å². The molecule has 3 nitrogen and oxygen atoms in total. The van der Waals surface area contributed by atoms with Gasteiger partial charge in [0, 0.05) is 18.0 Å². The average Bonchev–Trinajstić information content (AvgIpc) is 2.57. The topological polar surface area (TPSA) is 31.4 Å². The third kappa shape index (κ3) is 3.93. The highest BCUT2D eigenvalue weighted by Gasteiger charge is 2.04. The van der Waals surface area contributed by atoms with E-state index < -0.39 is 0 Å². The maximum Gasteiger partial charge on any atom is 0.145 e. The van der Waals surface area contributed by atoms with Gasteiger partial charge in [0.15, 0.2) is 0 Å². The molecule has 0 spiro atoms. The van der Waals surface area contributed by atoms with Crippen LogP contribution in [0.5, 0.6) is 11.5 Å². The maximum atomic E-state index is 6.11. The van der Waals surface area contributed by atoms with Gasteiger partial charge in [0.1, 0.15) is 17.0 Å². The lowest BCUT2D eigenvalue weighted by Gasteiger charge is -2.10. The van der Waals surface area contributed by atoms with Crippen LogP contribution in [0, 0.1) is 6.92 Å². The van der Waals surface area contributed by atoms with Crippen molar-refractivity contribution < 1.29 is 9.47 Å². The molecule has 23 heavy (non-hydrogen) atoms. The summed E-state index contributed by atoms with van der Waals surface area (Å²) in [5.74, 6) is 1.52. The van der Waals surface area contributed by atoms with E-state index in [4.69, 9.17) is 21.1 Å². The summed E-state index contributed by atoms with van der Waals surface area (Å²) in [6.07, 6.45) is 2.55. The highest BCUT2D eigenvalue weighted by Crippen LogP contribution is 2.26. The van der Waals surface area contributed by atoms with E-state index in [1.165, 1.54) is 0 Å². The highest BCUT2D eigenvalue weighted by molar-refractivity contribution is 6.32. The van der Waals surface area contributed by atoms with Crippen molar-refractivity contribution in [1.29, 1.82) is 0 Å². The van der Waals surface area contributed by atoms with Crippen molar-refractivity contribution in [1.82, 2.24) is 4.98 Å². The van der Waals surface area contributed by atoms with Gasteiger partial charge in [0.2, 0.25) is 0 Å². The standard InChI is InChI=1S/C19H18ClNO2/c1-14-8-9-16(20)18(13-14)23-12-4-11-22-17-7-2-5-15-6-3-10-21-19(15)17/h2-3,5-10,13H,4,11-12H2,1H3. The largest absolute Gasteiger partial charge is 0.492 e. The zero-order valence-electron chi connectivity index (χ0n) is 13.0. The number of pyridine rings is 1. The SMILES string of the molecule is Cc1ccc(Cl)c(OCCCOc2cccc3cccnc23)c1. The molecule has 0 saturated carbocycles. The van der Waals surface area contributed by atoms with Crippen molar-refractivity contribution in [3.63, 3.8) is 0 Å². The fourth-order valence-electron chi connectivity index (χ4n) is 2.34. The molecule has 2 aromatic carbocycles. The van der Waals surface area contributed by atoms with Crippen LogP contribution in [0.2, 0.25) is 5.02 Å². The number of aryl methyl sites for hydroxylation is 1. The van der Waals surface area contributed by atoms with Crippen molar-refractivity contribution in [3.05, 3.63) is 65.3 Å². The Kier molecular flexibility index (Phi) is 4.99. The van der Waals surface area contributed by atoms with Crippen molar-refractivity contribution in [2.45, 2.75) is 13.3 Å². The van der Waals surface area contributed by atoms with Crippen molar-refractivity contribution in [3.8, 4) is 11.5 Å². The maximum absolute atomic E-state index is 6.11. The van der Waals surface area contributed by atoms with Gasteiger partial charge in [-0.3, -0.25) is 4.98 Å². The number of fused-ring (bicyclic) bond motifs is 1. The number of nitrogens with zero attached hydrogens (tertiary/aromatic N) is 1. The molecule has 0 atom stereocenters. The fourth-order valence-corrected chi connectivity index (χ4v) is 2.51. The fraction of sp³-hybridized carbons (Fsp3) is 0.211. The third-order valence-corrected chi connectivity index (χ3v) is 3.80. The van der Waals surface area contributed by atoms with Gasteiger partial charge in [-0.25, -0.2) is 0 Å². The molecule has 3 rings (SSSR count). The monoisotopic (exact) mass is 327 g/mol. The first kappa shape index (κ1) is 15.6. The number of benzene rings is 2. The van der Waals surface area contributed by atoms with Gasteiger partial charge in [-0.1, -0.05) is 35.9 Å². The Morgan fingerprint density at radius 1 is 0.957 bits per heavy atom. The second kappa shape index (κ2) is 7.34. The van der Waals surface area contributed by atoms with Gasteiger partial charge >= 0.3 is 0 Å². The molecule has 0 unspecified atom stereocenters. The summed E-state index contributed by atoms with van der Waals surface area (Å²) in [7, 11) is 0. The normalized spacial score (nSPS) is 10.7. The van der Waals surface area contributed by atoms with E-state index >= 15 is 0 Å². The predicted molar refractivity (Wildman–Crippen MR) is 93.5 cm³/mol. The van der Waals surface area contributed by atoms with E-state index in [1.807, 2.05) is 55.5 Å². The minimum absolute atomic E-state index is 0.557. The van der Waals surface area contributed by atoms with Crippen molar-refractivity contribution in [2.24, 2.45) is 0 Å². The lowest BCUT2D eigenvalue weighted by Crippen LogP contribution is -2.05. The van der Waals surface area contributed by atoms with Crippen LogP contribution in [-0.2, 0) is 0 Å². The summed E-state index contributed by atoms with van der Waals surface area (Å²) < 4.78 is 11.6. The van der Waals surface area contributed by atoms with Crippen LogP contribution in [0.4, 0.5) is 0 Å². The molecule has 3 aromatic rings. The Morgan fingerprint density at radius 2 is 1.74 bits per heavy atom. The van der Waals surface area contributed by atoms with E-state index in [2.05, 4.69) is 4.98 Å². The van der Waals surface area contributed by atoms with Crippen molar-refractivity contribution in [2.75, 3.05) is 13.2 Å². The summed E-state index contributed by atoms with van der Waals surface area (Å²) in [5.41, 5.74) is 2.01. The van der Waals surface area contributed by atoms with Gasteiger partial charge in [0.25, 0.3) is 0 Å². The third-order valence-electron chi connectivity index (χ3n) is 3.49. The van der Waals surface area contributed by atoms with Crippen LogP contribution in [-0.4, -0.2) is 18.2 Å². The molecule has 0 saturated heterocycles. The number of hydrogen-bond acceptors (Lipinski definition) is 3. The first-order valence-corrected chi connectivity index (χ1v) is 7.97. The molecule has 0 N–H and O–H groups in total. The van der Waals surface area contributed by atoms with E-state index in [-0.39, 0.29) is 0 Å². The summed E-state index contributed by atoms with van der Waals surface area (Å²) >= 11 is 6.11. The Bertz CT molecular complexity index is 799. The molecule has 0 amide bonds. The second-order valence-corrected chi connectivity index (χ2v) is 5.72. The minimum Gasteiger partial charge on any atom is -0.492 e. The van der Waals surface area contributed by atoms with Crippen LogP contribution < -0.4 is 9.47 Å². The Labute approximate surface area is 140 Å². The van der Waals surface area contributed by atoms with Crippen LogP contribution >= 0.6 is 11.6 Å². The second-order valence-electron chi connectivity index (χ2n) is 5.32. The molecule has 0 fully saturated rings. The number of hydrogen-bond donors (Lipinski definition) is 0. The van der Waals surface area contributed by atoms with Gasteiger partial charge < -0.3 is 9.47 Å². The zero-order chi connectivity index (χ0) is 16.1.